The molecule has 7 heteroatoms. The fourth-order valence-corrected chi connectivity index (χ4v) is 6.40. The van der Waals surface area contributed by atoms with E-state index in [1.807, 2.05) is 79.7 Å². The van der Waals surface area contributed by atoms with Crippen molar-refractivity contribution in [3.63, 3.8) is 0 Å². The number of unbranched alkanes of at least 4 members (excludes halogenated alkanes) is 1. The molecule has 0 N–H and O–H groups in total. The van der Waals surface area contributed by atoms with Crippen molar-refractivity contribution < 1.29 is 14.3 Å². The summed E-state index contributed by atoms with van der Waals surface area (Å²) in [4.78, 5) is 33.2. The van der Waals surface area contributed by atoms with E-state index in [2.05, 4.69) is 34.9 Å². The summed E-state index contributed by atoms with van der Waals surface area (Å²) >= 11 is 6.23. The Labute approximate surface area is 276 Å². The number of fused-ring (bicyclic) bond motifs is 1. The summed E-state index contributed by atoms with van der Waals surface area (Å²) in [5.74, 6) is 0.852. The number of aryl methyl sites for hydroxylation is 2. The average molecular weight is 634 g/mol. The Kier molecular flexibility index (Phi) is 9.86. The molecule has 0 spiro atoms. The third-order valence-corrected chi connectivity index (χ3v) is 9.03. The fourth-order valence-electron chi connectivity index (χ4n) is 6.23. The molecule has 0 aromatic heterocycles. The molecule has 1 fully saturated rings. The topological polar surface area (TPSA) is 53.1 Å². The van der Waals surface area contributed by atoms with E-state index in [-0.39, 0.29) is 17.4 Å². The molecule has 0 aliphatic carbocycles. The molecular weight excluding hydrogens is 594 g/mol. The van der Waals surface area contributed by atoms with Crippen LogP contribution < -0.4 is 14.5 Å². The summed E-state index contributed by atoms with van der Waals surface area (Å²) in [6.45, 7) is 9.62. The molecule has 1 amide bonds. The SMILES string of the molecule is Cc1cccc(CN2C(=O)/C(=C\c3ccc(C(=O)CCCCN4CCN(c5cc(Cl)ccc5C)CC4)cc3)Oc3ccccc32)c1. The van der Waals surface area contributed by atoms with Gasteiger partial charge in [0.25, 0.3) is 5.91 Å². The second-order valence-electron chi connectivity index (χ2n) is 12.2. The number of benzene rings is 4. The van der Waals surface area contributed by atoms with Gasteiger partial charge >= 0.3 is 0 Å². The van der Waals surface area contributed by atoms with Crippen LogP contribution in [-0.4, -0.2) is 49.3 Å². The number of halogens is 1. The van der Waals surface area contributed by atoms with Crippen LogP contribution in [-0.2, 0) is 11.3 Å². The summed E-state index contributed by atoms with van der Waals surface area (Å²) in [6, 6.07) is 29.3. The molecule has 4 aromatic carbocycles. The van der Waals surface area contributed by atoms with Crippen LogP contribution >= 0.6 is 11.6 Å². The number of amides is 1. The molecule has 0 bridgehead atoms. The van der Waals surface area contributed by atoms with E-state index < -0.39 is 0 Å². The minimum absolute atomic E-state index is 0.142. The lowest BCUT2D eigenvalue weighted by molar-refractivity contribution is -0.117. The van der Waals surface area contributed by atoms with Gasteiger partial charge in [-0.25, -0.2) is 0 Å². The zero-order valence-electron chi connectivity index (χ0n) is 26.5. The van der Waals surface area contributed by atoms with Gasteiger partial charge in [0.15, 0.2) is 17.3 Å². The Bertz CT molecular complexity index is 1740. The number of carbonyl (C=O) groups is 2. The number of piperazine rings is 1. The molecule has 6 nitrogen and oxygen atoms in total. The molecule has 0 radical (unpaired) electrons. The first kappa shape index (κ1) is 31.6. The van der Waals surface area contributed by atoms with E-state index in [0.29, 0.717) is 24.3 Å². The predicted molar refractivity (Wildman–Crippen MR) is 187 cm³/mol. The van der Waals surface area contributed by atoms with Gasteiger partial charge in [-0.05, 0) is 80.3 Å². The maximum Gasteiger partial charge on any atom is 0.294 e. The molecule has 2 aliphatic heterocycles. The summed E-state index contributed by atoms with van der Waals surface area (Å²) in [5, 5.41) is 0.778. The minimum atomic E-state index is -0.193. The van der Waals surface area contributed by atoms with Crippen LogP contribution in [0.15, 0.2) is 96.8 Å². The molecule has 46 heavy (non-hydrogen) atoms. The summed E-state index contributed by atoms with van der Waals surface area (Å²) < 4.78 is 6.06. The van der Waals surface area contributed by atoms with Gasteiger partial charge < -0.3 is 9.64 Å². The highest BCUT2D eigenvalue weighted by atomic mass is 35.5. The third kappa shape index (κ3) is 7.52. The van der Waals surface area contributed by atoms with E-state index in [1.54, 1.807) is 11.0 Å². The van der Waals surface area contributed by atoms with E-state index >= 15 is 0 Å². The molecule has 2 aliphatic rings. The number of ether oxygens (including phenoxy) is 1. The van der Waals surface area contributed by atoms with Crippen molar-refractivity contribution in [3.05, 3.63) is 130 Å². The van der Waals surface area contributed by atoms with Gasteiger partial charge in [-0.2, -0.15) is 0 Å². The molecule has 2 heterocycles. The smallest absolute Gasteiger partial charge is 0.294 e. The van der Waals surface area contributed by atoms with Gasteiger partial charge in [-0.15, -0.1) is 0 Å². The minimum Gasteiger partial charge on any atom is -0.449 e. The van der Waals surface area contributed by atoms with Crippen LogP contribution in [0.1, 0.15) is 51.9 Å². The van der Waals surface area contributed by atoms with Crippen molar-refractivity contribution in [2.24, 2.45) is 0 Å². The Hall–Kier alpha value is -4.39. The first-order valence-electron chi connectivity index (χ1n) is 16.1. The third-order valence-electron chi connectivity index (χ3n) is 8.80. The van der Waals surface area contributed by atoms with E-state index in [4.69, 9.17) is 16.3 Å². The molecule has 4 aromatic rings. The van der Waals surface area contributed by atoms with E-state index in [9.17, 15) is 9.59 Å². The number of ketones is 1. The summed E-state index contributed by atoms with van der Waals surface area (Å²) in [5.41, 5.74) is 6.93. The van der Waals surface area contributed by atoms with Crippen molar-refractivity contribution in [2.75, 3.05) is 42.5 Å². The van der Waals surface area contributed by atoms with E-state index in [1.165, 1.54) is 11.3 Å². The summed E-state index contributed by atoms with van der Waals surface area (Å²) in [6.07, 6.45) is 4.13. The first-order chi connectivity index (χ1) is 22.3. The predicted octanol–water partition coefficient (Wildman–Crippen LogP) is 8.10. The van der Waals surface area contributed by atoms with Crippen molar-refractivity contribution in [3.8, 4) is 5.75 Å². The highest BCUT2D eigenvalue weighted by molar-refractivity contribution is 6.30. The van der Waals surface area contributed by atoms with E-state index in [0.717, 1.165) is 73.0 Å². The molecule has 6 rings (SSSR count). The van der Waals surface area contributed by atoms with Crippen LogP contribution in [0.5, 0.6) is 5.75 Å². The monoisotopic (exact) mass is 633 g/mol. The highest BCUT2D eigenvalue weighted by Gasteiger charge is 2.30. The number of Topliss-reactive ketones (excluding diaryl/α,β-unsaturated/α-hetero) is 1. The number of hydrogen-bond donors (Lipinski definition) is 0. The molecule has 1 saturated heterocycles. The number of carbonyl (C=O) groups excluding carboxylic acids is 2. The number of rotatable bonds is 10. The number of anilines is 2. The number of hydrogen-bond acceptors (Lipinski definition) is 5. The van der Waals surface area contributed by atoms with Gasteiger partial charge in [0.1, 0.15) is 0 Å². The van der Waals surface area contributed by atoms with Crippen molar-refractivity contribution in [2.45, 2.75) is 39.7 Å². The van der Waals surface area contributed by atoms with Gasteiger partial charge in [-0.3, -0.25) is 19.4 Å². The van der Waals surface area contributed by atoms with Crippen molar-refractivity contribution in [1.29, 1.82) is 0 Å². The standard InChI is InChI=1S/C39H40ClN3O3/c1-28-8-7-9-31(24-28)27-43-34-10-3-4-12-37(34)46-38(39(43)45)25-30-14-16-32(17-15-30)36(44)11-5-6-19-41-20-22-42(23-21-41)35-26-33(40)18-13-29(35)2/h3-4,7-10,12-18,24-26H,5-6,11,19-23,27H2,1-2H3/b38-25+. The highest BCUT2D eigenvalue weighted by Crippen LogP contribution is 2.36. The lowest BCUT2D eigenvalue weighted by Crippen LogP contribution is -2.46. The van der Waals surface area contributed by atoms with Gasteiger partial charge in [0.05, 0.1) is 12.2 Å². The Morgan fingerprint density at radius 3 is 2.41 bits per heavy atom. The van der Waals surface area contributed by atoms with Crippen molar-refractivity contribution >= 4 is 40.7 Å². The van der Waals surface area contributed by atoms with Crippen molar-refractivity contribution in [1.82, 2.24) is 4.90 Å². The Morgan fingerprint density at radius 2 is 1.63 bits per heavy atom. The van der Waals surface area contributed by atoms with Crippen LogP contribution in [0.3, 0.4) is 0 Å². The maximum atomic E-state index is 13.6. The zero-order valence-corrected chi connectivity index (χ0v) is 27.3. The Morgan fingerprint density at radius 1 is 0.848 bits per heavy atom. The first-order valence-corrected chi connectivity index (χ1v) is 16.4. The van der Waals surface area contributed by atoms with Crippen LogP contribution in [0, 0.1) is 13.8 Å². The lowest BCUT2D eigenvalue weighted by atomic mass is 10.0. The van der Waals surface area contributed by atoms with Gasteiger partial charge in [-0.1, -0.05) is 83.9 Å². The van der Waals surface area contributed by atoms with Crippen LogP contribution in [0.4, 0.5) is 11.4 Å². The fraction of sp³-hybridized carbons (Fsp3) is 0.282. The quantitative estimate of drug-likeness (QED) is 0.100. The second-order valence-corrected chi connectivity index (χ2v) is 12.7. The zero-order chi connectivity index (χ0) is 32.0. The van der Waals surface area contributed by atoms with Crippen LogP contribution in [0.2, 0.25) is 5.02 Å². The molecule has 0 unspecified atom stereocenters. The van der Waals surface area contributed by atoms with Crippen LogP contribution in [0.25, 0.3) is 6.08 Å². The Balaban J connectivity index is 1.01. The summed E-state index contributed by atoms with van der Waals surface area (Å²) in [7, 11) is 0. The average Bonchev–Trinajstić information content (AvgIpc) is 3.07. The normalized spacial score (nSPS) is 16.0. The molecular formula is C39H40ClN3O3. The molecule has 236 valence electrons. The molecule has 0 atom stereocenters. The largest absolute Gasteiger partial charge is 0.449 e. The van der Waals surface area contributed by atoms with Gasteiger partial charge in [0, 0.05) is 48.9 Å². The number of para-hydroxylation sites is 2. The van der Waals surface area contributed by atoms with Gasteiger partial charge in [0.2, 0.25) is 0 Å². The maximum absolute atomic E-state index is 13.6. The number of nitrogens with zero attached hydrogens (tertiary/aromatic N) is 3. The lowest BCUT2D eigenvalue weighted by Gasteiger charge is -2.37. The molecule has 0 saturated carbocycles. The second kappa shape index (κ2) is 14.4.